The molecule has 0 amide bonds. The Bertz CT molecular complexity index is 1230. The Labute approximate surface area is 189 Å². The predicted molar refractivity (Wildman–Crippen MR) is 125 cm³/mol. The highest BCUT2D eigenvalue weighted by Gasteiger charge is 2.66. The van der Waals surface area contributed by atoms with E-state index in [0.29, 0.717) is 11.8 Å². The van der Waals surface area contributed by atoms with Gasteiger partial charge in [0.2, 0.25) is 0 Å². The molecule has 3 heterocycles. The normalized spacial score (nSPS) is 41.1. The van der Waals surface area contributed by atoms with E-state index in [-0.39, 0.29) is 16.6 Å². The second-order valence-corrected chi connectivity index (χ2v) is 11.0. The SMILES string of the molecule is C[C@]12CC=C3C=C4CC/C(=N/O)C[C@]45CCC3(O5)[C@@H]1CC[C@@H]2c1ccc2ccncc2c1. The van der Waals surface area contributed by atoms with E-state index in [0.717, 1.165) is 44.2 Å². The van der Waals surface area contributed by atoms with E-state index in [9.17, 15) is 5.21 Å². The Morgan fingerprint density at radius 2 is 2.06 bits per heavy atom. The summed E-state index contributed by atoms with van der Waals surface area (Å²) in [7, 11) is 0. The smallest absolute Gasteiger partial charge is 0.0975 e. The third-order valence-electron chi connectivity index (χ3n) is 9.72. The number of allylic oxidation sites excluding steroid dienone is 1. The Balaban J connectivity index is 1.30. The molecule has 4 nitrogen and oxygen atoms in total. The number of oxime groups is 1. The minimum absolute atomic E-state index is 0.165. The zero-order valence-electron chi connectivity index (χ0n) is 18.7. The number of benzene rings is 1. The topological polar surface area (TPSA) is 54.7 Å². The van der Waals surface area contributed by atoms with E-state index in [1.54, 1.807) is 0 Å². The molecular weight excluding hydrogens is 396 g/mol. The molecular formula is C28H30N2O2. The molecule has 7 rings (SSSR count). The van der Waals surface area contributed by atoms with Gasteiger partial charge >= 0.3 is 0 Å². The minimum Gasteiger partial charge on any atom is -0.411 e. The van der Waals surface area contributed by atoms with E-state index in [4.69, 9.17) is 4.74 Å². The molecule has 3 aliphatic carbocycles. The number of hydrogen-bond donors (Lipinski definition) is 1. The highest BCUT2D eigenvalue weighted by Crippen LogP contribution is 2.69. The fourth-order valence-corrected chi connectivity index (χ4v) is 8.19. The Hall–Kier alpha value is -2.46. The molecule has 2 aliphatic heterocycles. The van der Waals surface area contributed by atoms with E-state index in [1.165, 1.54) is 40.3 Å². The fraction of sp³-hybridized carbons (Fsp3) is 0.500. The second-order valence-electron chi connectivity index (χ2n) is 11.0. The summed E-state index contributed by atoms with van der Waals surface area (Å²) >= 11 is 0. The van der Waals surface area contributed by atoms with Crippen molar-refractivity contribution in [2.24, 2.45) is 16.5 Å². The monoisotopic (exact) mass is 426 g/mol. The quantitative estimate of drug-likeness (QED) is 0.430. The molecule has 1 N–H and O–H groups in total. The lowest BCUT2D eigenvalue weighted by molar-refractivity contribution is -0.126. The van der Waals surface area contributed by atoms with Crippen LogP contribution in [0.1, 0.15) is 69.8 Å². The van der Waals surface area contributed by atoms with Crippen LogP contribution in [0.15, 0.2) is 65.1 Å². The van der Waals surface area contributed by atoms with E-state index < -0.39 is 0 Å². The first-order chi connectivity index (χ1) is 15.6. The van der Waals surface area contributed by atoms with E-state index in [1.807, 2.05) is 12.4 Å². The molecule has 2 saturated carbocycles. The average molecular weight is 427 g/mol. The van der Waals surface area contributed by atoms with Crippen molar-refractivity contribution >= 4 is 16.5 Å². The average Bonchev–Trinajstić information content (AvgIpc) is 3.33. The van der Waals surface area contributed by atoms with Crippen molar-refractivity contribution in [3.05, 3.63) is 65.5 Å². The van der Waals surface area contributed by atoms with Crippen molar-refractivity contribution in [2.45, 2.75) is 75.4 Å². The minimum atomic E-state index is -0.234. The highest BCUT2D eigenvalue weighted by atomic mass is 16.5. The summed E-state index contributed by atoms with van der Waals surface area (Å²) in [5, 5.41) is 15.6. The van der Waals surface area contributed by atoms with Crippen LogP contribution >= 0.6 is 0 Å². The van der Waals surface area contributed by atoms with Crippen LogP contribution < -0.4 is 0 Å². The molecule has 5 aliphatic rings. The van der Waals surface area contributed by atoms with Gasteiger partial charge in [0.1, 0.15) is 0 Å². The largest absolute Gasteiger partial charge is 0.411 e. The molecule has 1 aromatic carbocycles. The van der Waals surface area contributed by atoms with Crippen LogP contribution in [0.4, 0.5) is 0 Å². The van der Waals surface area contributed by atoms with Crippen molar-refractivity contribution < 1.29 is 9.94 Å². The maximum absolute atomic E-state index is 9.46. The number of rotatable bonds is 1. The zero-order chi connectivity index (χ0) is 21.6. The van der Waals surface area contributed by atoms with Gasteiger partial charge in [0, 0.05) is 24.2 Å². The fourth-order valence-electron chi connectivity index (χ4n) is 8.19. The van der Waals surface area contributed by atoms with Crippen molar-refractivity contribution in [1.29, 1.82) is 0 Å². The molecule has 0 radical (unpaired) electrons. The first-order valence-corrected chi connectivity index (χ1v) is 12.2. The van der Waals surface area contributed by atoms with Crippen LogP contribution in [0, 0.1) is 11.3 Å². The summed E-state index contributed by atoms with van der Waals surface area (Å²) in [5.41, 5.74) is 5.03. The molecule has 2 aromatic rings. The summed E-state index contributed by atoms with van der Waals surface area (Å²) in [6.07, 6.45) is 17.1. The van der Waals surface area contributed by atoms with Gasteiger partial charge in [-0.3, -0.25) is 4.98 Å². The van der Waals surface area contributed by atoms with Crippen molar-refractivity contribution in [2.75, 3.05) is 0 Å². The summed E-state index contributed by atoms with van der Waals surface area (Å²) in [5.74, 6) is 1.06. The van der Waals surface area contributed by atoms with Crippen LogP contribution in [0.3, 0.4) is 0 Å². The van der Waals surface area contributed by atoms with Crippen LogP contribution in [0.2, 0.25) is 0 Å². The number of pyridine rings is 1. The Morgan fingerprint density at radius 1 is 1.12 bits per heavy atom. The van der Waals surface area contributed by atoms with Gasteiger partial charge in [0.15, 0.2) is 0 Å². The third-order valence-corrected chi connectivity index (χ3v) is 9.72. The van der Waals surface area contributed by atoms with Crippen LogP contribution in [0.25, 0.3) is 10.8 Å². The van der Waals surface area contributed by atoms with Crippen molar-refractivity contribution in [3.63, 3.8) is 0 Å². The first kappa shape index (κ1) is 19.0. The number of ether oxygens (including phenoxy) is 1. The number of aromatic nitrogens is 1. The lowest BCUT2D eigenvalue weighted by Gasteiger charge is -2.54. The third kappa shape index (κ3) is 2.31. The summed E-state index contributed by atoms with van der Waals surface area (Å²) < 4.78 is 7.21. The molecule has 3 fully saturated rings. The van der Waals surface area contributed by atoms with Gasteiger partial charge in [0.25, 0.3) is 0 Å². The van der Waals surface area contributed by atoms with Gasteiger partial charge in [-0.25, -0.2) is 0 Å². The highest BCUT2D eigenvalue weighted by molar-refractivity contribution is 5.87. The zero-order valence-corrected chi connectivity index (χ0v) is 18.7. The molecule has 1 saturated heterocycles. The maximum atomic E-state index is 9.46. The lowest BCUT2D eigenvalue weighted by atomic mass is 9.58. The molecule has 1 aromatic heterocycles. The number of nitrogens with zero attached hydrogens (tertiary/aromatic N) is 2. The molecule has 164 valence electrons. The summed E-state index contributed by atoms with van der Waals surface area (Å²) in [6.45, 7) is 2.51. The van der Waals surface area contributed by atoms with Crippen LogP contribution in [-0.2, 0) is 4.74 Å². The van der Waals surface area contributed by atoms with Gasteiger partial charge in [0.05, 0.1) is 16.9 Å². The first-order valence-electron chi connectivity index (χ1n) is 12.2. The lowest BCUT2D eigenvalue weighted by Crippen LogP contribution is -2.53. The van der Waals surface area contributed by atoms with Gasteiger partial charge in [-0.05, 0) is 96.4 Å². The van der Waals surface area contributed by atoms with Gasteiger partial charge in [-0.2, -0.15) is 0 Å². The molecule has 32 heavy (non-hydrogen) atoms. The number of hydrogen-bond acceptors (Lipinski definition) is 4. The van der Waals surface area contributed by atoms with Crippen LogP contribution in [-0.4, -0.2) is 27.1 Å². The maximum Gasteiger partial charge on any atom is 0.0975 e. The standard InChI is InChI=1S/C28H30N2O2/c1-26-10-8-22-15-21-4-5-23(30-31)16-27(21)11-12-28(22,32-27)25(26)7-6-24(26)19-3-2-18-9-13-29-17-20(18)14-19/h2-3,8-9,13-15,17,24-25,31H,4-7,10-12,16H2,1H3/b30-23-/t24-,25-,26-,27-,28?/m1/s1. The van der Waals surface area contributed by atoms with Gasteiger partial charge in [-0.1, -0.05) is 36.4 Å². The molecule has 2 bridgehead atoms. The van der Waals surface area contributed by atoms with Gasteiger partial charge in [-0.15, -0.1) is 0 Å². The molecule has 4 heteroatoms. The molecule has 5 atom stereocenters. The summed E-state index contributed by atoms with van der Waals surface area (Å²) in [4.78, 5) is 4.35. The number of fused-ring (bicyclic) bond motifs is 2. The van der Waals surface area contributed by atoms with Crippen molar-refractivity contribution in [1.82, 2.24) is 4.98 Å². The van der Waals surface area contributed by atoms with E-state index in [2.05, 4.69) is 53.5 Å². The molecule has 2 spiro atoms. The Kier molecular flexibility index (Phi) is 3.76. The van der Waals surface area contributed by atoms with Gasteiger partial charge < -0.3 is 9.94 Å². The Morgan fingerprint density at radius 3 is 2.97 bits per heavy atom. The summed E-state index contributed by atoms with van der Waals surface area (Å²) in [6, 6.07) is 9.08. The second kappa shape index (κ2) is 6.32. The van der Waals surface area contributed by atoms with Crippen molar-refractivity contribution in [3.8, 4) is 0 Å². The molecule has 1 unspecified atom stereocenters. The van der Waals surface area contributed by atoms with Crippen LogP contribution in [0.5, 0.6) is 0 Å². The predicted octanol–water partition coefficient (Wildman–Crippen LogP) is 6.31. The van der Waals surface area contributed by atoms with E-state index >= 15 is 0 Å².